The van der Waals surface area contributed by atoms with Crippen LogP contribution in [0, 0.1) is 6.92 Å². The highest BCUT2D eigenvalue weighted by atomic mass is 32.1. The molecule has 3 rings (SSSR count). The summed E-state index contributed by atoms with van der Waals surface area (Å²) in [4.78, 5) is 17.7. The Kier molecular flexibility index (Phi) is 5.06. The van der Waals surface area contributed by atoms with E-state index in [4.69, 9.17) is 0 Å². The lowest BCUT2D eigenvalue weighted by molar-refractivity contribution is 0.102. The molecule has 3 nitrogen and oxygen atoms in total. The van der Waals surface area contributed by atoms with Crippen LogP contribution in [0.5, 0.6) is 0 Å². The summed E-state index contributed by atoms with van der Waals surface area (Å²) in [6.07, 6.45) is 3.72. The van der Waals surface area contributed by atoms with Crippen molar-refractivity contribution in [2.45, 2.75) is 26.7 Å². The molecule has 0 saturated carbocycles. The van der Waals surface area contributed by atoms with Gasteiger partial charge in [-0.25, -0.2) is 4.98 Å². The van der Waals surface area contributed by atoms with Crippen LogP contribution in [0.25, 0.3) is 0 Å². The van der Waals surface area contributed by atoms with Gasteiger partial charge in [0, 0.05) is 23.1 Å². The number of thiazole rings is 1. The molecular formula is C20H20N2OS. The minimum atomic E-state index is -0.122. The van der Waals surface area contributed by atoms with E-state index in [1.54, 1.807) is 0 Å². The number of aromatic nitrogens is 1. The van der Waals surface area contributed by atoms with Gasteiger partial charge in [-0.3, -0.25) is 10.1 Å². The third-order valence-corrected chi connectivity index (χ3v) is 4.81. The fourth-order valence-corrected chi connectivity index (χ4v) is 3.26. The second-order valence-electron chi connectivity index (χ2n) is 5.80. The average Bonchev–Trinajstić information content (AvgIpc) is 3.03. The van der Waals surface area contributed by atoms with Gasteiger partial charge in [0.15, 0.2) is 5.13 Å². The molecule has 122 valence electrons. The molecule has 0 radical (unpaired) electrons. The van der Waals surface area contributed by atoms with Crippen molar-refractivity contribution in [2.24, 2.45) is 0 Å². The molecule has 0 aliphatic rings. The van der Waals surface area contributed by atoms with E-state index in [1.807, 2.05) is 37.4 Å². The lowest BCUT2D eigenvalue weighted by atomic mass is 10.1. The molecule has 0 bridgehead atoms. The van der Waals surface area contributed by atoms with E-state index in [9.17, 15) is 4.79 Å². The standard InChI is InChI=1S/C20H20N2OS/c1-3-15-6-8-16(9-7-15)12-18-13-21-20(24-18)22-19(23)17-10-4-14(2)5-11-17/h4-11,13H,3,12H2,1-2H3,(H,21,22,23). The van der Waals surface area contributed by atoms with Gasteiger partial charge in [0.2, 0.25) is 0 Å². The first-order valence-electron chi connectivity index (χ1n) is 8.04. The van der Waals surface area contributed by atoms with E-state index in [-0.39, 0.29) is 5.91 Å². The Hall–Kier alpha value is -2.46. The monoisotopic (exact) mass is 336 g/mol. The number of amides is 1. The average molecular weight is 336 g/mol. The first-order valence-corrected chi connectivity index (χ1v) is 8.86. The van der Waals surface area contributed by atoms with Gasteiger partial charge in [-0.1, -0.05) is 48.9 Å². The molecule has 24 heavy (non-hydrogen) atoms. The van der Waals surface area contributed by atoms with Gasteiger partial charge in [-0.15, -0.1) is 11.3 Å². The summed E-state index contributed by atoms with van der Waals surface area (Å²) in [6, 6.07) is 16.2. The smallest absolute Gasteiger partial charge is 0.257 e. The molecule has 4 heteroatoms. The highest BCUT2D eigenvalue weighted by Gasteiger charge is 2.09. The number of anilines is 1. The molecule has 1 amide bonds. The summed E-state index contributed by atoms with van der Waals surface area (Å²) in [5.41, 5.74) is 4.38. The van der Waals surface area contributed by atoms with Crippen LogP contribution in [0.3, 0.4) is 0 Å². The second-order valence-corrected chi connectivity index (χ2v) is 6.91. The van der Waals surface area contributed by atoms with Crippen LogP contribution in [0.1, 0.15) is 38.8 Å². The minimum Gasteiger partial charge on any atom is -0.298 e. The van der Waals surface area contributed by atoms with Gasteiger partial charge in [0.25, 0.3) is 5.91 Å². The van der Waals surface area contributed by atoms with Crippen LogP contribution < -0.4 is 5.32 Å². The zero-order valence-electron chi connectivity index (χ0n) is 13.9. The minimum absolute atomic E-state index is 0.122. The van der Waals surface area contributed by atoms with E-state index < -0.39 is 0 Å². The molecule has 0 unspecified atom stereocenters. The van der Waals surface area contributed by atoms with Crippen LogP contribution >= 0.6 is 11.3 Å². The van der Waals surface area contributed by atoms with E-state index in [1.165, 1.54) is 22.5 Å². The topological polar surface area (TPSA) is 42.0 Å². The number of aryl methyl sites for hydroxylation is 2. The van der Waals surface area contributed by atoms with Crippen molar-refractivity contribution >= 4 is 22.4 Å². The largest absolute Gasteiger partial charge is 0.298 e. The van der Waals surface area contributed by atoms with Gasteiger partial charge in [0.1, 0.15) is 0 Å². The fraction of sp³-hybridized carbons (Fsp3) is 0.200. The Bertz CT molecular complexity index is 820. The molecule has 0 fully saturated rings. The van der Waals surface area contributed by atoms with E-state index in [2.05, 4.69) is 41.5 Å². The van der Waals surface area contributed by atoms with Crippen LogP contribution in [0.2, 0.25) is 0 Å². The molecule has 0 saturated heterocycles. The Morgan fingerprint density at radius 2 is 1.71 bits per heavy atom. The van der Waals surface area contributed by atoms with Gasteiger partial charge < -0.3 is 0 Å². The van der Waals surface area contributed by atoms with E-state index in [0.717, 1.165) is 23.3 Å². The first kappa shape index (κ1) is 16.4. The molecule has 3 aromatic rings. The molecule has 0 aliphatic carbocycles. The summed E-state index contributed by atoms with van der Waals surface area (Å²) in [6.45, 7) is 4.16. The number of carbonyl (C=O) groups excluding carboxylic acids is 1. The number of carbonyl (C=O) groups is 1. The van der Waals surface area contributed by atoms with Crippen molar-refractivity contribution in [2.75, 3.05) is 5.32 Å². The molecule has 1 aromatic heterocycles. The Morgan fingerprint density at radius 3 is 2.38 bits per heavy atom. The third-order valence-electron chi connectivity index (χ3n) is 3.90. The molecule has 0 atom stereocenters. The third kappa shape index (κ3) is 4.09. The molecule has 2 aromatic carbocycles. The molecule has 0 spiro atoms. The highest BCUT2D eigenvalue weighted by molar-refractivity contribution is 7.15. The molecule has 1 heterocycles. The molecule has 1 N–H and O–H groups in total. The van der Waals surface area contributed by atoms with Crippen LogP contribution in [-0.2, 0) is 12.8 Å². The van der Waals surface area contributed by atoms with Gasteiger partial charge in [0.05, 0.1) is 0 Å². The van der Waals surface area contributed by atoms with Crippen LogP contribution in [-0.4, -0.2) is 10.9 Å². The summed E-state index contributed by atoms with van der Waals surface area (Å²) >= 11 is 1.52. The maximum atomic E-state index is 12.2. The number of hydrogen-bond acceptors (Lipinski definition) is 3. The van der Waals surface area contributed by atoms with Gasteiger partial charge in [-0.2, -0.15) is 0 Å². The zero-order chi connectivity index (χ0) is 16.9. The second kappa shape index (κ2) is 7.41. The number of nitrogens with one attached hydrogen (secondary N) is 1. The number of hydrogen-bond donors (Lipinski definition) is 1. The molecular weight excluding hydrogens is 316 g/mol. The summed E-state index contributed by atoms with van der Waals surface area (Å²) in [7, 11) is 0. The fourth-order valence-electron chi connectivity index (χ4n) is 2.42. The predicted octanol–water partition coefficient (Wildman–Crippen LogP) is 4.86. The summed E-state index contributed by atoms with van der Waals surface area (Å²) in [5.74, 6) is -0.122. The zero-order valence-corrected chi connectivity index (χ0v) is 14.7. The van der Waals surface area contributed by atoms with Crippen molar-refractivity contribution in [3.63, 3.8) is 0 Å². The first-order chi connectivity index (χ1) is 11.6. The quantitative estimate of drug-likeness (QED) is 0.723. The Morgan fingerprint density at radius 1 is 1.04 bits per heavy atom. The lowest BCUT2D eigenvalue weighted by Gasteiger charge is -2.02. The van der Waals surface area contributed by atoms with Crippen molar-refractivity contribution in [1.29, 1.82) is 0 Å². The number of benzene rings is 2. The van der Waals surface area contributed by atoms with Crippen LogP contribution in [0.15, 0.2) is 54.7 Å². The maximum absolute atomic E-state index is 12.2. The van der Waals surface area contributed by atoms with Gasteiger partial charge in [-0.05, 0) is 36.6 Å². The lowest BCUT2D eigenvalue weighted by Crippen LogP contribution is -2.11. The Labute approximate surface area is 146 Å². The Balaban J connectivity index is 1.64. The van der Waals surface area contributed by atoms with Crippen LogP contribution in [0.4, 0.5) is 5.13 Å². The normalized spacial score (nSPS) is 10.6. The van der Waals surface area contributed by atoms with Crippen molar-refractivity contribution in [1.82, 2.24) is 4.98 Å². The number of rotatable bonds is 5. The van der Waals surface area contributed by atoms with E-state index >= 15 is 0 Å². The van der Waals surface area contributed by atoms with Crippen molar-refractivity contribution < 1.29 is 4.79 Å². The summed E-state index contributed by atoms with van der Waals surface area (Å²) in [5, 5.41) is 3.51. The molecule has 0 aliphatic heterocycles. The maximum Gasteiger partial charge on any atom is 0.257 e. The SMILES string of the molecule is CCc1ccc(Cc2cnc(NC(=O)c3ccc(C)cc3)s2)cc1. The highest BCUT2D eigenvalue weighted by Crippen LogP contribution is 2.22. The predicted molar refractivity (Wildman–Crippen MR) is 99.9 cm³/mol. The van der Waals surface area contributed by atoms with Gasteiger partial charge >= 0.3 is 0 Å². The van der Waals surface area contributed by atoms with Crippen molar-refractivity contribution in [3.05, 3.63) is 81.9 Å². The number of nitrogens with zero attached hydrogens (tertiary/aromatic N) is 1. The van der Waals surface area contributed by atoms with E-state index in [0.29, 0.717) is 10.7 Å². The van der Waals surface area contributed by atoms with Crippen molar-refractivity contribution in [3.8, 4) is 0 Å². The summed E-state index contributed by atoms with van der Waals surface area (Å²) < 4.78 is 0.